The summed E-state index contributed by atoms with van der Waals surface area (Å²) >= 11 is 0. The van der Waals surface area contributed by atoms with Crippen molar-refractivity contribution in [3.63, 3.8) is 0 Å². The van der Waals surface area contributed by atoms with E-state index in [1.54, 1.807) is 0 Å². The van der Waals surface area contributed by atoms with E-state index in [0.717, 1.165) is 18.4 Å². The first-order valence-corrected chi connectivity index (χ1v) is 6.59. The van der Waals surface area contributed by atoms with Crippen LogP contribution in [0.3, 0.4) is 0 Å². The van der Waals surface area contributed by atoms with Gasteiger partial charge in [-0.3, -0.25) is 4.79 Å². The molecule has 1 aromatic rings. The van der Waals surface area contributed by atoms with E-state index in [2.05, 4.69) is 13.8 Å². The van der Waals surface area contributed by atoms with E-state index < -0.39 is 6.04 Å². The Kier molecular flexibility index (Phi) is 6.44. The van der Waals surface area contributed by atoms with Gasteiger partial charge in [0.1, 0.15) is 6.04 Å². The van der Waals surface area contributed by atoms with E-state index in [1.165, 1.54) is 0 Å². The summed E-state index contributed by atoms with van der Waals surface area (Å²) in [5, 5.41) is 0. The van der Waals surface area contributed by atoms with Gasteiger partial charge in [-0.15, -0.1) is 0 Å². The predicted molar refractivity (Wildman–Crippen MR) is 73.2 cm³/mol. The molecule has 18 heavy (non-hydrogen) atoms. The number of carbonyl (C=O) groups is 1. The molecule has 0 saturated carbocycles. The minimum atomic E-state index is -0.568. The Labute approximate surface area is 109 Å². The van der Waals surface area contributed by atoms with E-state index in [9.17, 15) is 4.79 Å². The van der Waals surface area contributed by atoms with Gasteiger partial charge in [-0.2, -0.15) is 0 Å². The van der Waals surface area contributed by atoms with Crippen LogP contribution < -0.4 is 5.73 Å². The van der Waals surface area contributed by atoms with Gasteiger partial charge in [0.25, 0.3) is 0 Å². The van der Waals surface area contributed by atoms with Crippen LogP contribution in [0.2, 0.25) is 0 Å². The number of rotatable bonds is 7. The zero-order valence-electron chi connectivity index (χ0n) is 11.3. The third kappa shape index (κ3) is 5.32. The highest BCUT2D eigenvalue weighted by atomic mass is 16.5. The van der Waals surface area contributed by atoms with Gasteiger partial charge in [-0.05, 0) is 24.3 Å². The van der Waals surface area contributed by atoms with Crippen molar-refractivity contribution >= 4 is 5.97 Å². The molecule has 2 atom stereocenters. The van der Waals surface area contributed by atoms with E-state index >= 15 is 0 Å². The maximum atomic E-state index is 11.7. The standard InChI is InChI=1S/C15H23NO2/c1-3-7-12(2)11-18-15(17)14(16)10-13-8-5-4-6-9-13/h4-6,8-9,12,14H,3,7,10-11,16H2,1-2H3/t12?,14-/m1/s1. The van der Waals surface area contributed by atoms with Crippen LogP contribution in [-0.4, -0.2) is 18.6 Å². The number of esters is 1. The molecule has 0 aliphatic rings. The molecule has 100 valence electrons. The fraction of sp³-hybridized carbons (Fsp3) is 0.533. The first kappa shape index (κ1) is 14.7. The summed E-state index contributed by atoms with van der Waals surface area (Å²) in [6.45, 7) is 4.67. The number of benzene rings is 1. The van der Waals surface area contributed by atoms with Crippen molar-refractivity contribution < 1.29 is 9.53 Å². The van der Waals surface area contributed by atoms with Crippen LogP contribution in [0.15, 0.2) is 30.3 Å². The lowest BCUT2D eigenvalue weighted by molar-refractivity contribution is -0.146. The average molecular weight is 249 g/mol. The van der Waals surface area contributed by atoms with Crippen LogP contribution in [0.1, 0.15) is 32.3 Å². The Bertz CT molecular complexity index is 351. The predicted octanol–water partition coefficient (Wildman–Crippen LogP) is 2.54. The monoisotopic (exact) mass is 249 g/mol. The van der Waals surface area contributed by atoms with Crippen LogP contribution in [0.4, 0.5) is 0 Å². The maximum absolute atomic E-state index is 11.7. The Hall–Kier alpha value is -1.35. The first-order chi connectivity index (χ1) is 8.63. The summed E-state index contributed by atoms with van der Waals surface area (Å²) in [6, 6.07) is 9.19. The quantitative estimate of drug-likeness (QED) is 0.755. The molecule has 0 aliphatic carbocycles. The van der Waals surface area contributed by atoms with Crippen molar-refractivity contribution in [3.05, 3.63) is 35.9 Å². The molecule has 3 heteroatoms. The number of ether oxygens (including phenoxy) is 1. The highest BCUT2D eigenvalue weighted by Gasteiger charge is 2.16. The van der Waals surface area contributed by atoms with Crippen LogP contribution in [0.25, 0.3) is 0 Å². The zero-order chi connectivity index (χ0) is 13.4. The molecule has 1 unspecified atom stereocenters. The smallest absolute Gasteiger partial charge is 0.323 e. The molecule has 0 aliphatic heterocycles. The van der Waals surface area contributed by atoms with Gasteiger partial charge in [-0.1, -0.05) is 50.6 Å². The van der Waals surface area contributed by atoms with Crippen molar-refractivity contribution in [2.75, 3.05) is 6.61 Å². The SMILES string of the molecule is CCCC(C)COC(=O)[C@H](N)Cc1ccccc1. The zero-order valence-corrected chi connectivity index (χ0v) is 11.3. The third-order valence-electron chi connectivity index (χ3n) is 2.89. The first-order valence-electron chi connectivity index (χ1n) is 6.59. The molecule has 0 fully saturated rings. The molecule has 0 saturated heterocycles. The fourth-order valence-corrected chi connectivity index (χ4v) is 1.86. The van der Waals surface area contributed by atoms with Gasteiger partial charge in [0.2, 0.25) is 0 Å². The van der Waals surface area contributed by atoms with Crippen LogP contribution in [0.5, 0.6) is 0 Å². The second-order valence-electron chi connectivity index (χ2n) is 4.82. The topological polar surface area (TPSA) is 52.3 Å². The third-order valence-corrected chi connectivity index (χ3v) is 2.89. The lowest BCUT2D eigenvalue weighted by atomic mass is 10.1. The van der Waals surface area contributed by atoms with Crippen molar-refractivity contribution in [1.82, 2.24) is 0 Å². The lowest BCUT2D eigenvalue weighted by Crippen LogP contribution is -2.35. The van der Waals surface area contributed by atoms with E-state index in [4.69, 9.17) is 10.5 Å². The molecule has 2 N–H and O–H groups in total. The highest BCUT2D eigenvalue weighted by molar-refractivity contribution is 5.75. The average Bonchev–Trinajstić information content (AvgIpc) is 2.37. The summed E-state index contributed by atoms with van der Waals surface area (Å²) in [5.41, 5.74) is 6.89. The van der Waals surface area contributed by atoms with Gasteiger partial charge >= 0.3 is 5.97 Å². The van der Waals surface area contributed by atoms with Gasteiger partial charge < -0.3 is 10.5 Å². The minimum absolute atomic E-state index is 0.304. The lowest BCUT2D eigenvalue weighted by Gasteiger charge is -2.14. The number of carbonyl (C=O) groups excluding carboxylic acids is 1. The van der Waals surface area contributed by atoms with E-state index in [-0.39, 0.29) is 5.97 Å². The Morgan fingerprint density at radius 3 is 2.61 bits per heavy atom. The molecule has 0 heterocycles. The summed E-state index contributed by atoms with van der Waals surface area (Å²) in [4.78, 5) is 11.7. The molecule has 1 rings (SSSR count). The summed E-state index contributed by atoms with van der Waals surface area (Å²) in [7, 11) is 0. The Morgan fingerprint density at radius 1 is 1.33 bits per heavy atom. The molecule has 0 radical (unpaired) electrons. The molecule has 1 aromatic carbocycles. The van der Waals surface area contributed by atoms with Gasteiger partial charge in [-0.25, -0.2) is 0 Å². The Balaban J connectivity index is 2.33. The van der Waals surface area contributed by atoms with Crippen molar-refractivity contribution in [3.8, 4) is 0 Å². The largest absolute Gasteiger partial charge is 0.464 e. The molecule has 3 nitrogen and oxygen atoms in total. The maximum Gasteiger partial charge on any atom is 0.323 e. The summed E-state index contributed by atoms with van der Waals surface area (Å²) < 4.78 is 5.23. The summed E-state index contributed by atoms with van der Waals surface area (Å²) in [5.74, 6) is 0.102. The van der Waals surface area contributed by atoms with Crippen LogP contribution in [-0.2, 0) is 16.0 Å². The second-order valence-corrected chi connectivity index (χ2v) is 4.82. The second kappa shape index (κ2) is 7.88. The Morgan fingerprint density at radius 2 is 2.00 bits per heavy atom. The van der Waals surface area contributed by atoms with Gasteiger partial charge in [0.15, 0.2) is 0 Å². The minimum Gasteiger partial charge on any atom is -0.464 e. The molecular formula is C15H23NO2. The molecule has 0 amide bonds. The molecule has 0 spiro atoms. The van der Waals surface area contributed by atoms with Crippen molar-refractivity contribution in [2.24, 2.45) is 11.7 Å². The number of nitrogens with two attached hydrogens (primary N) is 1. The summed E-state index contributed by atoms with van der Waals surface area (Å²) in [6.07, 6.45) is 2.71. The van der Waals surface area contributed by atoms with Crippen LogP contribution in [0, 0.1) is 5.92 Å². The number of hydrogen-bond acceptors (Lipinski definition) is 3. The normalized spacial score (nSPS) is 13.9. The van der Waals surface area contributed by atoms with E-state index in [0.29, 0.717) is 18.9 Å². The van der Waals surface area contributed by atoms with E-state index in [1.807, 2.05) is 30.3 Å². The molecule has 0 aromatic heterocycles. The molecule has 0 bridgehead atoms. The number of hydrogen-bond donors (Lipinski definition) is 1. The van der Waals surface area contributed by atoms with Crippen molar-refractivity contribution in [1.29, 1.82) is 0 Å². The highest BCUT2D eigenvalue weighted by Crippen LogP contribution is 2.07. The molecular weight excluding hydrogens is 226 g/mol. The fourth-order valence-electron chi connectivity index (χ4n) is 1.86. The van der Waals surface area contributed by atoms with Gasteiger partial charge in [0, 0.05) is 0 Å². The van der Waals surface area contributed by atoms with Crippen LogP contribution >= 0.6 is 0 Å². The van der Waals surface area contributed by atoms with Gasteiger partial charge in [0.05, 0.1) is 6.61 Å². The van der Waals surface area contributed by atoms with Crippen molar-refractivity contribution in [2.45, 2.75) is 39.2 Å².